The summed E-state index contributed by atoms with van der Waals surface area (Å²) in [5.74, 6) is 0.272. The molecule has 1 aliphatic carbocycles. The van der Waals surface area contributed by atoms with E-state index in [1.807, 2.05) is 6.92 Å². The van der Waals surface area contributed by atoms with Crippen LogP contribution in [-0.4, -0.2) is 39.2 Å². The molecule has 0 aromatic carbocycles. The number of rotatable bonds is 5. The van der Waals surface area contributed by atoms with E-state index in [0.717, 1.165) is 25.7 Å². The SMILES string of the molecule is CCC(OC)C(N)C1CCCC(S(C)(=O)=O)C1. The molecule has 1 saturated carbocycles. The number of hydrogen-bond donors (Lipinski definition) is 1. The predicted molar refractivity (Wildman–Crippen MR) is 69.7 cm³/mol. The van der Waals surface area contributed by atoms with Gasteiger partial charge in [-0.25, -0.2) is 8.42 Å². The van der Waals surface area contributed by atoms with Crippen LogP contribution in [0.2, 0.25) is 0 Å². The molecule has 0 radical (unpaired) electrons. The fourth-order valence-electron chi connectivity index (χ4n) is 2.82. The molecule has 0 amide bonds. The van der Waals surface area contributed by atoms with E-state index in [1.165, 1.54) is 6.26 Å². The third kappa shape index (κ3) is 3.93. The molecule has 4 nitrogen and oxygen atoms in total. The Morgan fingerprint density at radius 3 is 2.53 bits per heavy atom. The Morgan fingerprint density at radius 2 is 2.06 bits per heavy atom. The second-order valence-corrected chi connectivity index (χ2v) is 7.46. The molecule has 2 N–H and O–H groups in total. The third-order valence-corrected chi connectivity index (χ3v) is 5.59. The number of sulfone groups is 1. The molecule has 5 heteroatoms. The maximum Gasteiger partial charge on any atom is 0.150 e. The minimum Gasteiger partial charge on any atom is -0.380 e. The Bertz CT molecular complexity index is 325. The molecule has 0 aliphatic heterocycles. The summed E-state index contributed by atoms with van der Waals surface area (Å²) in [6.45, 7) is 2.05. The van der Waals surface area contributed by atoms with Crippen molar-refractivity contribution < 1.29 is 13.2 Å². The summed E-state index contributed by atoms with van der Waals surface area (Å²) in [5.41, 5.74) is 6.20. The number of methoxy groups -OCH3 is 1. The Balaban J connectivity index is 2.66. The first-order chi connectivity index (χ1) is 7.90. The molecule has 1 rings (SSSR count). The summed E-state index contributed by atoms with van der Waals surface area (Å²) in [6.07, 6.45) is 5.70. The zero-order chi connectivity index (χ0) is 13.1. The largest absolute Gasteiger partial charge is 0.380 e. The first-order valence-corrected chi connectivity index (χ1v) is 8.32. The average Bonchev–Trinajstić information content (AvgIpc) is 2.29. The van der Waals surface area contributed by atoms with Crippen molar-refractivity contribution in [1.82, 2.24) is 0 Å². The summed E-state index contributed by atoms with van der Waals surface area (Å²) in [7, 11) is -1.26. The zero-order valence-electron chi connectivity index (χ0n) is 11.1. The van der Waals surface area contributed by atoms with Crippen LogP contribution in [-0.2, 0) is 14.6 Å². The smallest absolute Gasteiger partial charge is 0.150 e. The van der Waals surface area contributed by atoms with Crippen LogP contribution in [0.4, 0.5) is 0 Å². The number of ether oxygens (including phenoxy) is 1. The monoisotopic (exact) mass is 263 g/mol. The van der Waals surface area contributed by atoms with Crippen molar-refractivity contribution in [2.75, 3.05) is 13.4 Å². The van der Waals surface area contributed by atoms with Gasteiger partial charge in [-0.2, -0.15) is 0 Å². The molecule has 0 aromatic rings. The van der Waals surface area contributed by atoms with Gasteiger partial charge in [-0.05, 0) is 31.6 Å². The van der Waals surface area contributed by atoms with Gasteiger partial charge < -0.3 is 10.5 Å². The van der Waals surface area contributed by atoms with E-state index in [1.54, 1.807) is 7.11 Å². The summed E-state index contributed by atoms with van der Waals surface area (Å²) in [5, 5.41) is -0.207. The molecule has 0 bridgehead atoms. The minimum atomic E-state index is -2.93. The lowest BCUT2D eigenvalue weighted by Crippen LogP contribution is -2.45. The van der Waals surface area contributed by atoms with E-state index >= 15 is 0 Å². The van der Waals surface area contributed by atoms with Crippen LogP contribution in [0.1, 0.15) is 39.0 Å². The van der Waals surface area contributed by atoms with Crippen molar-refractivity contribution >= 4 is 9.84 Å². The van der Waals surface area contributed by atoms with Crippen molar-refractivity contribution in [3.63, 3.8) is 0 Å². The highest BCUT2D eigenvalue weighted by molar-refractivity contribution is 7.91. The highest BCUT2D eigenvalue weighted by atomic mass is 32.2. The zero-order valence-corrected chi connectivity index (χ0v) is 11.9. The Kier molecular flexibility index (Phi) is 5.41. The van der Waals surface area contributed by atoms with Crippen molar-refractivity contribution in [3.8, 4) is 0 Å². The van der Waals surface area contributed by atoms with E-state index in [9.17, 15) is 8.42 Å². The van der Waals surface area contributed by atoms with Crippen LogP contribution in [0, 0.1) is 5.92 Å². The topological polar surface area (TPSA) is 69.4 Å². The standard InChI is InChI=1S/C12H25NO3S/c1-4-11(16-2)12(13)9-6-5-7-10(8-9)17(3,14)15/h9-12H,4-8,13H2,1-3H3. The van der Waals surface area contributed by atoms with E-state index in [4.69, 9.17) is 10.5 Å². The minimum absolute atomic E-state index is 0.0401. The molecule has 0 spiro atoms. The summed E-state index contributed by atoms with van der Waals surface area (Å²) in [4.78, 5) is 0. The first kappa shape index (κ1) is 14.9. The lowest BCUT2D eigenvalue weighted by molar-refractivity contribution is 0.0517. The summed E-state index contributed by atoms with van der Waals surface area (Å²) < 4.78 is 28.5. The Labute approximate surface area is 105 Å². The van der Waals surface area contributed by atoms with E-state index in [-0.39, 0.29) is 23.3 Å². The van der Waals surface area contributed by atoms with Gasteiger partial charge in [0, 0.05) is 19.4 Å². The molecule has 1 fully saturated rings. The Hall–Kier alpha value is -0.130. The molecule has 17 heavy (non-hydrogen) atoms. The van der Waals surface area contributed by atoms with Gasteiger partial charge in [0.25, 0.3) is 0 Å². The first-order valence-electron chi connectivity index (χ1n) is 6.37. The average molecular weight is 263 g/mol. The van der Waals surface area contributed by atoms with Gasteiger partial charge in [0.15, 0.2) is 0 Å². The van der Waals surface area contributed by atoms with Crippen LogP contribution in [0.5, 0.6) is 0 Å². The van der Waals surface area contributed by atoms with E-state index in [0.29, 0.717) is 6.42 Å². The van der Waals surface area contributed by atoms with Gasteiger partial charge in [0.1, 0.15) is 9.84 Å². The van der Waals surface area contributed by atoms with Crippen LogP contribution in [0.25, 0.3) is 0 Å². The van der Waals surface area contributed by atoms with Crippen LogP contribution in [0.3, 0.4) is 0 Å². The van der Waals surface area contributed by atoms with E-state index in [2.05, 4.69) is 0 Å². The quantitative estimate of drug-likeness (QED) is 0.812. The Morgan fingerprint density at radius 1 is 1.41 bits per heavy atom. The van der Waals surface area contributed by atoms with Crippen molar-refractivity contribution in [2.24, 2.45) is 11.7 Å². The summed E-state index contributed by atoms with van der Waals surface area (Å²) in [6, 6.07) is -0.0467. The predicted octanol–water partition coefficient (Wildman–Crippen LogP) is 1.34. The van der Waals surface area contributed by atoms with Gasteiger partial charge in [-0.3, -0.25) is 0 Å². The van der Waals surface area contributed by atoms with Crippen LogP contribution < -0.4 is 5.73 Å². The highest BCUT2D eigenvalue weighted by Crippen LogP contribution is 2.31. The lowest BCUT2D eigenvalue weighted by atomic mass is 9.81. The van der Waals surface area contributed by atoms with Gasteiger partial charge in [-0.1, -0.05) is 13.3 Å². The molecule has 0 saturated heterocycles. The van der Waals surface area contributed by atoms with Crippen molar-refractivity contribution in [1.29, 1.82) is 0 Å². The number of nitrogens with two attached hydrogens (primary N) is 1. The van der Waals surface area contributed by atoms with Gasteiger partial charge in [-0.15, -0.1) is 0 Å². The second-order valence-electron chi connectivity index (χ2n) is 5.14. The van der Waals surface area contributed by atoms with Gasteiger partial charge >= 0.3 is 0 Å². The maximum absolute atomic E-state index is 11.6. The highest BCUT2D eigenvalue weighted by Gasteiger charge is 2.34. The second kappa shape index (κ2) is 6.16. The number of hydrogen-bond acceptors (Lipinski definition) is 4. The fraction of sp³-hybridized carbons (Fsp3) is 1.00. The molecule has 0 aromatic heterocycles. The molecular formula is C12H25NO3S. The summed E-state index contributed by atoms with van der Waals surface area (Å²) >= 11 is 0. The van der Waals surface area contributed by atoms with Crippen LogP contribution in [0.15, 0.2) is 0 Å². The van der Waals surface area contributed by atoms with Crippen molar-refractivity contribution in [3.05, 3.63) is 0 Å². The maximum atomic E-state index is 11.6. The molecule has 4 atom stereocenters. The molecular weight excluding hydrogens is 238 g/mol. The molecule has 4 unspecified atom stereocenters. The molecule has 0 heterocycles. The normalized spacial score (nSPS) is 29.9. The molecule has 102 valence electrons. The fourth-order valence-corrected chi connectivity index (χ4v) is 4.01. The lowest BCUT2D eigenvalue weighted by Gasteiger charge is -2.35. The van der Waals surface area contributed by atoms with Gasteiger partial charge in [0.05, 0.1) is 11.4 Å². The van der Waals surface area contributed by atoms with Gasteiger partial charge in [0.2, 0.25) is 0 Å². The molecule has 1 aliphatic rings. The van der Waals surface area contributed by atoms with E-state index < -0.39 is 9.84 Å². The van der Waals surface area contributed by atoms with Crippen molar-refractivity contribution in [2.45, 2.75) is 56.4 Å². The third-order valence-electron chi connectivity index (χ3n) is 3.95. The van der Waals surface area contributed by atoms with Crippen LogP contribution >= 0.6 is 0 Å².